The summed E-state index contributed by atoms with van der Waals surface area (Å²) in [5.41, 5.74) is 1.94. The molecule has 0 aliphatic carbocycles. The fourth-order valence-electron chi connectivity index (χ4n) is 2.47. The van der Waals surface area contributed by atoms with Gasteiger partial charge in [-0.2, -0.15) is 0 Å². The summed E-state index contributed by atoms with van der Waals surface area (Å²) in [4.78, 5) is 25.6. The molecule has 5 nitrogen and oxygen atoms in total. The molecular weight excluding hydrogens is 282 g/mol. The van der Waals surface area contributed by atoms with E-state index >= 15 is 0 Å². The van der Waals surface area contributed by atoms with Gasteiger partial charge in [-0.1, -0.05) is 42.5 Å². The second-order valence-corrected chi connectivity index (χ2v) is 5.36. The molecule has 1 heterocycles. The molecule has 22 heavy (non-hydrogen) atoms. The van der Waals surface area contributed by atoms with Gasteiger partial charge in [-0.15, -0.1) is 0 Å². The minimum atomic E-state index is -0.449. The van der Waals surface area contributed by atoms with Gasteiger partial charge in [0.1, 0.15) is 12.6 Å². The smallest absolute Gasteiger partial charge is 0.323 e. The highest BCUT2D eigenvalue weighted by Crippen LogP contribution is 2.21. The predicted molar refractivity (Wildman–Crippen MR) is 82.0 cm³/mol. The van der Waals surface area contributed by atoms with E-state index in [1.165, 1.54) is 7.11 Å². The molecule has 1 aliphatic rings. The summed E-state index contributed by atoms with van der Waals surface area (Å²) in [6.45, 7) is 4.85. The van der Waals surface area contributed by atoms with Crippen molar-refractivity contribution in [3.63, 3.8) is 0 Å². The zero-order valence-corrected chi connectivity index (χ0v) is 12.8. The van der Waals surface area contributed by atoms with Crippen LogP contribution in [0.3, 0.4) is 0 Å². The molecular formula is C17H21NO4. The third-order valence-electron chi connectivity index (χ3n) is 3.72. The molecule has 0 aromatic heterocycles. The number of hydrogen-bond donors (Lipinski definition) is 0. The fraction of sp³-hybridized carbons (Fsp3) is 0.412. The van der Waals surface area contributed by atoms with Gasteiger partial charge in [0.15, 0.2) is 0 Å². The molecule has 0 amide bonds. The van der Waals surface area contributed by atoms with E-state index in [2.05, 4.69) is 6.58 Å². The molecule has 0 spiro atoms. The van der Waals surface area contributed by atoms with Gasteiger partial charge in [-0.25, -0.2) is 0 Å². The Morgan fingerprint density at radius 2 is 2.05 bits per heavy atom. The van der Waals surface area contributed by atoms with E-state index in [1.807, 2.05) is 30.3 Å². The lowest BCUT2D eigenvalue weighted by Gasteiger charge is -2.33. The summed E-state index contributed by atoms with van der Waals surface area (Å²) in [5, 5.41) is 0. The van der Waals surface area contributed by atoms with Crippen molar-refractivity contribution in [1.82, 2.24) is 4.90 Å². The average molecular weight is 303 g/mol. The highest BCUT2D eigenvalue weighted by atomic mass is 16.5. The first-order valence-electron chi connectivity index (χ1n) is 7.28. The number of esters is 2. The van der Waals surface area contributed by atoms with Crippen LogP contribution in [-0.2, 0) is 25.7 Å². The van der Waals surface area contributed by atoms with Gasteiger partial charge in [0.25, 0.3) is 0 Å². The van der Waals surface area contributed by atoms with Crippen molar-refractivity contribution >= 4 is 11.9 Å². The van der Waals surface area contributed by atoms with Crippen LogP contribution in [0.25, 0.3) is 0 Å². The first kappa shape index (κ1) is 16.2. The molecule has 1 fully saturated rings. The third-order valence-corrected chi connectivity index (χ3v) is 3.72. The van der Waals surface area contributed by atoms with Gasteiger partial charge < -0.3 is 9.47 Å². The Balaban J connectivity index is 1.88. The summed E-state index contributed by atoms with van der Waals surface area (Å²) in [5.74, 6) is -0.679. The van der Waals surface area contributed by atoms with Crippen molar-refractivity contribution in [3.8, 4) is 0 Å². The second-order valence-electron chi connectivity index (χ2n) is 5.36. The summed E-state index contributed by atoms with van der Waals surface area (Å²) < 4.78 is 10.1. The minimum absolute atomic E-state index is 0.0832. The molecule has 118 valence electrons. The van der Waals surface area contributed by atoms with Crippen LogP contribution in [0.2, 0.25) is 0 Å². The number of rotatable bonds is 5. The molecule has 0 bridgehead atoms. The topological polar surface area (TPSA) is 55.8 Å². The Labute approximate surface area is 130 Å². The van der Waals surface area contributed by atoms with Crippen LogP contribution in [0.15, 0.2) is 42.5 Å². The van der Waals surface area contributed by atoms with E-state index in [0.717, 1.165) is 17.6 Å². The molecule has 5 heteroatoms. The van der Waals surface area contributed by atoms with E-state index in [4.69, 9.17) is 9.47 Å². The molecule has 0 saturated carbocycles. The molecule has 1 saturated heterocycles. The maximum Gasteiger partial charge on any atom is 0.323 e. The molecule has 1 aromatic rings. The normalized spacial score (nSPS) is 18.8. The number of carbonyl (C=O) groups is 2. The molecule has 1 aliphatic heterocycles. The Morgan fingerprint density at radius 1 is 1.32 bits per heavy atom. The SMILES string of the molecule is C=C1CCN(CC(=O)OCc2ccccc2)[C@@H](C(=O)OC)C1. The zero-order valence-electron chi connectivity index (χ0n) is 12.8. The average Bonchev–Trinajstić information content (AvgIpc) is 2.55. The highest BCUT2D eigenvalue weighted by Gasteiger charge is 2.32. The summed E-state index contributed by atoms with van der Waals surface area (Å²) in [7, 11) is 1.35. The lowest BCUT2D eigenvalue weighted by atomic mass is 9.98. The van der Waals surface area contributed by atoms with E-state index in [1.54, 1.807) is 4.90 Å². The van der Waals surface area contributed by atoms with Crippen molar-refractivity contribution in [1.29, 1.82) is 0 Å². The van der Waals surface area contributed by atoms with Crippen molar-refractivity contribution in [2.75, 3.05) is 20.2 Å². The molecule has 1 aromatic carbocycles. The number of hydrogen-bond acceptors (Lipinski definition) is 5. The largest absolute Gasteiger partial charge is 0.468 e. The van der Waals surface area contributed by atoms with Crippen LogP contribution in [0.1, 0.15) is 18.4 Å². The number of ether oxygens (including phenoxy) is 2. The van der Waals surface area contributed by atoms with Crippen molar-refractivity contribution in [2.24, 2.45) is 0 Å². The Hall–Kier alpha value is -2.14. The lowest BCUT2D eigenvalue weighted by molar-refractivity contribution is -0.152. The van der Waals surface area contributed by atoms with Gasteiger partial charge in [0, 0.05) is 6.54 Å². The predicted octanol–water partition coefficient (Wildman–Crippen LogP) is 1.92. The first-order chi connectivity index (χ1) is 10.6. The monoisotopic (exact) mass is 303 g/mol. The minimum Gasteiger partial charge on any atom is -0.468 e. The molecule has 2 rings (SSSR count). The third kappa shape index (κ3) is 4.43. The van der Waals surface area contributed by atoms with Crippen LogP contribution < -0.4 is 0 Å². The van der Waals surface area contributed by atoms with Crippen LogP contribution in [-0.4, -0.2) is 43.1 Å². The lowest BCUT2D eigenvalue weighted by Crippen LogP contribution is -2.48. The van der Waals surface area contributed by atoms with Gasteiger partial charge in [0.05, 0.1) is 13.7 Å². The van der Waals surface area contributed by atoms with Gasteiger partial charge >= 0.3 is 11.9 Å². The van der Waals surface area contributed by atoms with Crippen molar-refractivity contribution < 1.29 is 19.1 Å². The molecule has 0 unspecified atom stereocenters. The molecule has 0 N–H and O–H groups in total. The Morgan fingerprint density at radius 3 is 2.73 bits per heavy atom. The summed E-state index contributed by atoms with van der Waals surface area (Å²) in [6.07, 6.45) is 1.30. The summed E-state index contributed by atoms with van der Waals surface area (Å²) in [6, 6.07) is 9.05. The van der Waals surface area contributed by atoms with E-state index in [0.29, 0.717) is 13.0 Å². The number of nitrogens with zero attached hydrogens (tertiary/aromatic N) is 1. The standard InChI is InChI=1S/C17H21NO4/c1-13-8-9-18(15(10-13)17(20)21-2)11-16(19)22-12-14-6-4-3-5-7-14/h3-7,15H,1,8-12H2,2H3/t15-/m1/s1. The van der Waals surface area contributed by atoms with E-state index in [9.17, 15) is 9.59 Å². The van der Waals surface area contributed by atoms with Gasteiger partial charge in [0.2, 0.25) is 0 Å². The number of carbonyl (C=O) groups excluding carboxylic acids is 2. The first-order valence-corrected chi connectivity index (χ1v) is 7.28. The van der Waals surface area contributed by atoms with Crippen LogP contribution in [0.5, 0.6) is 0 Å². The van der Waals surface area contributed by atoms with Crippen molar-refractivity contribution in [2.45, 2.75) is 25.5 Å². The zero-order chi connectivity index (χ0) is 15.9. The fourth-order valence-corrected chi connectivity index (χ4v) is 2.47. The van der Waals surface area contributed by atoms with Crippen LogP contribution in [0, 0.1) is 0 Å². The van der Waals surface area contributed by atoms with Crippen molar-refractivity contribution in [3.05, 3.63) is 48.0 Å². The van der Waals surface area contributed by atoms with Crippen LogP contribution in [0.4, 0.5) is 0 Å². The number of piperidine rings is 1. The summed E-state index contributed by atoms with van der Waals surface area (Å²) >= 11 is 0. The Kier molecular flexibility index (Phi) is 5.72. The van der Waals surface area contributed by atoms with Gasteiger partial charge in [-0.3, -0.25) is 14.5 Å². The second kappa shape index (κ2) is 7.75. The highest BCUT2D eigenvalue weighted by molar-refractivity contribution is 5.78. The van der Waals surface area contributed by atoms with E-state index in [-0.39, 0.29) is 25.1 Å². The number of benzene rings is 1. The maximum absolute atomic E-state index is 12.0. The number of likely N-dealkylation sites (tertiary alicyclic amines) is 1. The molecule has 1 atom stereocenters. The number of methoxy groups -OCH3 is 1. The maximum atomic E-state index is 12.0. The molecule has 0 radical (unpaired) electrons. The van der Waals surface area contributed by atoms with E-state index < -0.39 is 6.04 Å². The van der Waals surface area contributed by atoms with Crippen LogP contribution >= 0.6 is 0 Å². The quantitative estimate of drug-likeness (QED) is 0.614. The van der Waals surface area contributed by atoms with Gasteiger partial charge in [-0.05, 0) is 18.4 Å². The Bertz CT molecular complexity index is 541.